The maximum absolute atomic E-state index is 10.5. The van der Waals surface area contributed by atoms with Crippen LogP contribution in [0.2, 0.25) is 0 Å². The first-order valence-electron chi connectivity index (χ1n) is 12.6. The Hall–Kier alpha value is -3.66. The zero-order valence-corrected chi connectivity index (χ0v) is 22.2. The molecule has 4 N–H and O–H groups in total. The molecule has 1 fully saturated rings. The Morgan fingerprint density at radius 2 is 1.05 bits per heavy atom. The summed E-state index contributed by atoms with van der Waals surface area (Å²) >= 11 is 0. The largest absolute Gasteiger partial charge is 0.507 e. The molecular weight excluding hydrogens is 486 g/mol. The highest BCUT2D eigenvalue weighted by atomic mass is 16.5. The Morgan fingerprint density at radius 3 is 1.42 bits per heavy atom. The van der Waals surface area contributed by atoms with Crippen molar-refractivity contribution < 1.29 is 29.5 Å². The van der Waals surface area contributed by atoms with E-state index in [2.05, 4.69) is 15.1 Å². The predicted octanol–water partition coefficient (Wildman–Crippen LogP) is 3.31. The fourth-order valence-electron chi connectivity index (χ4n) is 4.73. The van der Waals surface area contributed by atoms with Crippen LogP contribution in [0.1, 0.15) is 16.7 Å². The molecule has 0 atom stereocenters. The van der Waals surface area contributed by atoms with Gasteiger partial charge in [-0.2, -0.15) is 0 Å². The molecule has 1 aliphatic rings. The van der Waals surface area contributed by atoms with Gasteiger partial charge in [0.25, 0.3) is 0 Å². The van der Waals surface area contributed by atoms with Crippen LogP contribution in [-0.2, 0) is 19.6 Å². The molecule has 0 amide bonds. The van der Waals surface area contributed by atoms with E-state index >= 15 is 0 Å². The summed E-state index contributed by atoms with van der Waals surface area (Å²) < 4.78 is 15.6. The lowest BCUT2D eigenvalue weighted by molar-refractivity contribution is 0.243. The highest BCUT2D eigenvalue weighted by Gasteiger charge is 2.24. The number of methoxy groups -OCH3 is 3. The molecule has 0 bridgehead atoms. The number of benzene rings is 3. The van der Waals surface area contributed by atoms with Crippen LogP contribution in [0.25, 0.3) is 0 Å². The van der Waals surface area contributed by atoms with Crippen LogP contribution < -0.4 is 19.5 Å². The van der Waals surface area contributed by atoms with Crippen LogP contribution in [0.5, 0.6) is 34.5 Å². The smallest absolute Gasteiger partial charge is 0.123 e. The topological polar surface area (TPSA) is 107 Å². The summed E-state index contributed by atoms with van der Waals surface area (Å²) in [6.45, 7) is 4.72. The first-order chi connectivity index (χ1) is 18.4. The maximum atomic E-state index is 10.5. The molecule has 0 unspecified atom stereocenters. The molecule has 9 nitrogen and oxygen atoms in total. The van der Waals surface area contributed by atoms with Gasteiger partial charge in [-0.3, -0.25) is 9.80 Å². The van der Waals surface area contributed by atoms with Gasteiger partial charge in [-0.25, -0.2) is 0 Å². The van der Waals surface area contributed by atoms with E-state index in [1.54, 1.807) is 39.5 Å². The predicted molar refractivity (Wildman–Crippen MR) is 145 cm³/mol. The molecule has 0 aliphatic carbocycles. The summed E-state index contributed by atoms with van der Waals surface area (Å²) in [5, 5.41) is 35.1. The van der Waals surface area contributed by atoms with E-state index in [-0.39, 0.29) is 23.3 Å². The Bertz CT molecular complexity index is 1160. The second-order valence-corrected chi connectivity index (χ2v) is 9.53. The summed E-state index contributed by atoms with van der Waals surface area (Å²) in [6.07, 6.45) is 0. The second-order valence-electron chi connectivity index (χ2n) is 9.53. The fourth-order valence-corrected chi connectivity index (χ4v) is 4.73. The summed E-state index contributed by atoms with van der Waals surface area (Å²) in [4.78, 5) is 4.61. The van der Waals surface area contributed by atoms with Gasteiger partial charge in [0.05, 0.1) is 21.3 Å². The Balaban J connectivity index is 1.50. The van der Waals surface area contributed by atoms with Crippen molar-refractivity contribution >= 4 is 0 Å². The highest BCUT2D eigenvalue weighted by molar-refractivity contribution is 5.41. The molecule has 0 aromatic heterocycles. The Morgan fingerprint density at radius 1 is 0.658 bits per heavy atom. The van der Waals surface area contributed by atoms with Gasteiger partial charge < -0.3 is 34.8 Å². The van der Waals surface area contributed by atoms with E-state index < -0.39 is 0 Å². The van der Waals surface area contributed by atoms with Gasteiger partial charge in [-0.1, -0.05) is 18.2 Å². The first kappa shape index (κ1) is 27.4. The standard InChI is InChI=1S/C29H37N3O6/c1-36-24-7-4-20(27(33)12-24)15-30-23-18-31(16-21-5-8-25(37-2)13-28(21)34)10-11-32(19-23)17-22-6-9-26(38-3)14-29(22)35/h4-9,12-14,23,30,33-35H,10-11,15-19H2,1-3H3. The van der Waals surface area contributed by atoms with E-state index in [0.717, 1.165) is 42.9 Å². The van der Waals surface area contributed by atoms with E-state index in [0.29, 0.717) is 36.9 Å². The van der Waals surface area contributed by atoms with Crippen molar-refractivity contribution in [2.75, 3.05) is 47.5 Å². The van der Waals surface area contributed by atoms with Crippen molar-refractivity contribution in [3.05, 3.63) is 71.3 Å². The van der Waals surface area contributed by atoms with Crippen molar-refractivity contribution in [3.8, 4) is 34.5 Å². The molecule has 0 spiro atoms. The van der Waals surface area contributed by atoms with Crippen molar-refractivity contribution in [1.82, 2.24) is 15.1 Å². The van der Waals surface area contributed by atoms with Crippen molar-refractivity contribution in [3.63, 3.8) is 0 Å². The minimum Gasteiger partial charge on any atom is -0.507 e. The monoisotopic (exact) mass is 523 g/mol. The number of aromatic hydroxyl groups is 3. The minimum atomic E-state index is 0.0692. The van der Waals surface area contributed by atoms with Crippen LogP contribution in [0.15, 0.2) is 54.6 Å². The number of nitrogens with zero attached hydrogens (tertiary/aromatic N) is 2. The zero-order chi connectivity index (χ0) is 27.1. The molecule has 1 heterocycles. The minimum absolute atomic E-state index is 0.0692. The Labute approximate surface area is 223 Å². The maximum Gasteiger partial charge on any atom is 0.123 e. The zero-order valence-electron chi connectivity index (χ0n) is 22.2. The molecule has 38 heavy (non-hydrogen) atoms. The fraction of sp³-hybridized carbons (Fsp3) is 0.379. The summed E-state index contributed by atoms with van der Waals surface area (Å²) in [5.41, 5.74) is 2.45. The SMILES string of the molecule is COc1ccc(CNC2CN(Cc3ccc(OC)cc3O)CCN(Cc3ccc(OC)cc3O)C2)c(O)c1. The molecule has 3 aromatic carbocycles. The number of ether oxygens (including phenoxy) is 3. The highest BCUT2D eigenvalue weighted by Crippen LogP contribution is 2.28. The number of hydrogen-bond acceptors (Lipinski definition) is 9. The molecule has 1 aliphatic heterocycles. The third kappa shape index (κ3) is 7.00. The van der Waals surface area contributed by atoms with Gasteiger partial charge in [0.1, 0.15) is 34.5 Å². The van der Waals surface area contributed by atoms with Crippen LogP contribution in [0, 0.1) is 0 Å². The van der Waals surface area contributed by atoms with Gasteiger partial charge >= 0.3 is 0 Å². The van der Waals surface area contributed by atoms with Crippen LogP contribution in [0.4, 0.5) is 0 Å². The molecule has 4 rings (SSSR count). The third-order valence-corrected chi connectivity index (χ3v) is 6.94. The van der Waals surface area contributed by atoms with Gasteiger partial charge in [-0.05, 0) is 18.2 Å². The number of hydrogen-bond donors (Lipinski definition) is 4. The second kappa shape index (κ2) is 12.7. The van der Waals surface area contributed by atoms with Crippen LogP contribution in [0.3, 0.4) is 0 Å². The normalized spacial score (nSPS) is 15.2. The molecule has 0 radical (unpaired) electrons. The lowest BCUT2D eigenvalue weighted by atomic mass is 10.1. The number of nitrogens with one attached hydrogen (secondary N) is 1. The van der Waals surface area contributed by atoms with Gasteiger partial charge in [-0.15, -0.1) is 0 Å². The molecule has 9 heteroatoms. The average molecular weight is 524 g/mol. The molecule has 0 saturated carbocycles. The third-order valence-electron chi connectivity index (χ3n) is 6.94. The lowest BCUT2D eigenvalue weighted by Gasteiger charge is -2.26. The van der Waals surface area contributed by atoms with Crippen molar-refractivity contribution in [2.45, 2.75) is 25.7 Å². The van der Waals surface area contributed by atoms with E-state index in [9.17, 15) is 15.3 Å². The molecule has 3 aromatic rings. The summed E-state index contributed by atoms with van der Waals surface area (Å²) in [7, 11) is 4.73. The molecule has 204 valence electrons. The van der Waals surface area contributed by atoms with E-state index in [4.69, 9.17) is 14.2 Å². The first-order valence-corrected chi connectivity index (χ1v) is 12.6. The lowest BCUT2D eigenvalue weighted by Crippen LogP contribution is -2.43. The summed E-state index contributed by atoms with van der Waals surface area (Å²) in [5.74, 6) is 2.45. The van der Waals surface area contributed by atoms with E-state index in [1.165, 1.54) is 0 Å². The van der Waals surface area contributed by atoms with Crippen molar-refractivity contribution in [1.29, 1.82) is 0 Å². The van der Waals surface area contributed by atoms with Crippen molar-refractivity contribution in [2.24, 2.45) is 0 Å². The molecular formula is C29H37N3O6. The van der Waals surface area contributed by atoms with Gasteiger partial charge in [0, 0.05) is 86.7 Å². The van der Waals surface area contributed by atoms with Crippen LogP contribution in [-0.4, -0.2) is 78.7 Å². The number of phenols is 3. The summed E-state index contributed by atoms with van der Waals surface area (Å²) in [6, 6.07) is 16.1. The number of rotatable bonds is 10. The number of phenolic OH excluding ortho intramolecular Hbond substituents is 3. The average Bonchev–Trinajstić information content (AvgIpc) is 3.11. The quantitative estimate of drug-likeness (QED) is 0.318. The van der Waals surface area contributed by atoms with Gasteiger partial charge in [0.2, 0.25) is 0 Å². The Kier molecular flexibility index (Phi) is 9.17. The van der Waals surface area contributed by atoms with E-state index in [1.807, 2.05) is 36.4 Å². The molecule has 1 saturated heterocycles. The van der Waals surface area contributed by atoms with Crippen LogP contribution >= 0.6 is 0 Å². The van der Waals surface area contributed by atoms with Gasteiger partial charge in [0.15, 0.2) is 0 Å².